The average molecular weight is 451 g/mol. The smallest absolute Gasteiger partial charge is 0.256 e. The zero-order chi connectivity index (χ0) is 23.3. The highest BCUT2D eigenvalue weighted by molar-refractivity contribution is 6.08. The Bertz CT molecular complexity index is 1130. The number of halogens is 1. The maximum Gasteiger partial charge on any atom is 0.256 e. The summed E-state index contributed by atoms with van der Waals surface area (Å²) in [5, 5.41) is 0. The van der Waals surface area contributed by atoms with E-state index < -0.39 is 0 Å². The number of carbonyl (C=O) groups is 2. The molecular weight excluding hydrogens is 421 g/mol. The molecule has 0 N–H and O–H groups in total. The third kappa shape index (κ3) is 3.84. The largest absolute Gasteiger partial charge is 0.347 e. The topological polar surface area (TPSA) is 52.9 Å². The Labute approximate surface area is 193 Å². The van der Waals surface area contributed by atoms with Crippen LogP contribution in [-0.2, 0) is 14.3 Å². The quantitative estimate of drug-likeness (QED) is 0.666. The lowest BCUT2D eigenvalue weighted by Gasteiger charge is -2.36. The van der Waals surface area contributed by atoms with Crippen LogP contribution >= 0.6 is 0 Å². The number of nitrogens with zero attached hydrogens (tertiary/aromatic N) is 3. The van der Waals surface area contributed by atoms with Gasteiger partial charge < -0.3 is 14.5 Å². The van der Waals surface area contributed by atoms with Gasteiger partial charge in [-0.05, 0) is 48.6 Å². The molecule has 172 valence electrons. The van der Waals surface area contributed by atoms with Crippen molar-refractivity contribution in [2.45, 2.75) is 33.4 Å². The van der Waals surface area contributed by atoms with Gasteiger partial charge in [-0.1, -0.05) is 20.8 Å². The van der Waals surface area contributed by atoms with Gasteiger partial charge in [-0.3, -0.25) is 9.59 Å². The monoisotopic (exact) mass is 450 g/mol. The van der Waals surface area contributed by atoms with E-state index in [0.29, 0.717) is 25.6 Å². The van der Waals surface area contributed by atoms with Gasteiger partial charge >= 0.3 is 0 Å². The van der Waals surface area contributed by atoms with Gasteiger partial charge in [0.1, 0.15) is 12.4 Å². The molecule has 0 saturated carbocycles. The second-order valence-corrected chi connectivity index (χ2v) is 9.43. The van der Waals surface area contributed by atoms with Crippen LogP contribution in [0, 0.1) is 17.7 Å². The van der Waals surface area contributed by atoms with E-state index >= 15 is 0 Å². The molecule has 0 aliphatic carbocycles. The van der Waals surface area contributed by atoms with Crippen molar-refractivity contribution in [3.8, 4) is 0 Å². The van der Waals surface area contributed by atoms with Crippen LogP contribution in [0.15, 0.2) is 59.5 Å². The summed E-state index contributed by atoms with van der Waals surface area (Å²) in [6, 6.07) is 6.48. The second kappa shape index (κ2) is 8.37. The summed E-state index contributed by atoms with van der Waals surface area (Å²) >= 11 is 0. The Morgan fingerprint density at radius 3 is 2.70 bits per heavy atom. The van der Waals surface area contributed by atoms with Crippen molar-refractivity contribution in [2.24, 2.45) is 11.8 Å². The molecule has 0 aromatic heterocycles. The number of piperazine rings is 1. The minimum atomic E-state index is -0.354. The van der Waals surface area contributed by atoms with Crippen LogP contribution in [0.2, 0.25) is 0 Å². The summed E-state index contributed by atoms with van der Waals surface area (Å²) in [6.07, 6.45) is 6.72. The molecule has 33 heavy (non-hydrogen) atoms. The van der Waals surface area contributed by atoms with E-state index in [4.69, 9.17) is 4.74 Å². The maximum atomic E-state index is 13.7. The molecule has 6 nitrogen and oxygen atoms in total. The minimum Gasteiger partial charge on any atom is -0.347 e. The molecule has 5 rings (SSSR count). The standard InChI is InChI=1S/C26H29FN3O3/c1-16(2)20-12-23(18-5-7-19(27)8-6-18)30-13-21(17(3)4-9-22(20)30)26(32)28-10-11-29-24(31)15-33-25(29)14-28/h5-9,12-13,16-17,25H,4,10-11,14-15H2,1-3H3/q+1. The number of rotatable bonds is 3. The number of hydrogen-bond donors (Lipinski definition) is 0. The number of benzene rings is 1. The summed E-state index contributed by atoms with van der Waals surface area (Å²) in [5.74, 6) is 0.0522. The average Bonchev–Trinajstić information content (AvgIpc) is 3.30. The summed E-state index contributed by atoms with van der Waals surface area (Å²) in [5.41, 5.74) is 4.88. The van der Waals surface area contributed by atoms with Crippen LogP contribution in [-0.4, -0.2) is 64.4 Å². The predicted molar refractivity (Wildman–Crippen MR) is 122 cm³/mol. The molecule has 2 atom stereocenters. The molecule has 2 fully saturated rings. The van der Waals surface area contributed by atoms with Crippen LogP contribution in [0.4, 0.5) is 4.39 Å². The fourth-order valence-corrected chi connectivity index (χ4v) is 4.96. The van der Waals surface area contributed by atoms with Crippen molar-refractivity contribution in [2.75, 3.05) is 26.2 Å². The first-order valence-electron chi connectivity index (χ1n) is 11.6. The van der Waals surface area contributed by atoms with Crippen molar-refractivity contribution >= 4 is 17.5 Å². The van der Waals surface area contributed by atoms with E-state index in [9.17, 15) is 14.0 Å². The van der Waals surface area contributed by atoms with Gasteiger partial charge in [0.05, 0.1) is 12.1 Å². The van der Waals surface area contributed by atoms with Crippen LogP contribution in [0.1, 0.15) is 32.8 Å². The maximum absolute atomic E-state index is 13.7. The number of allylic oxidation sites excluding steroid dienone is 3. The summed E-state index contributed by atoms with van der Waals surface area (Å²) in [4.78, 5) is 29.1. The van der Waals surface area contributed by atoms with Gasteiger partial charge in [0, 0.05) is 30.3 Å². The van der Waals surface area contributed by atoms with E-state index in [1.54, 1.807) is 21.9 Å². The van der Waals surface area contributed by atoms with Crippen molar-refractivity contribution in [3.63, 3.8) is 0 Å². The fourth-order valence-electron chi connectivity index (χ4n) is 4.96. The lowest BCUT2D eigenvalue weighted by molar-refractivity contribution is -0.392. The van der Waals surface area contributed by atoms with Gasteiger partial charge in [-0.2, -0.15) is 4.58 Å². The summed E-state index contributed by atoms with van der Waals surface area (Å²) in [6.45, 7) is 7.86. The van der Waals surface area contributed by atoms with E-state index in [1.165, 1.54) is 17.7 Å². The Morgan fingerprint density at radius 2 is 1.97 bits per heavy atom. The summed E-state index contributed by atoms with van der Waals surface area (Å²) < 4.78 is 21.2. The van der Waals surface area contributed by atoms with E-state index in [1.807, 2.05) is 6.20 Å². The highest BCUT2D eigenvalue weighted by Crippen LogP contribution is 2.34. The minimum absolute atomic E-state index is 0.00844. The van der Waals surface area contributed by atoms with Crippen molar-refractivity contribution in [1.29, 1.82) is 0 Å². The molecule has 1 aromatic rings. The molecular formula is C26H29FN3O3+. The first-order valence-corrected chi connectivity index (χ1v) is 11.6. The molecule has 0 spiro atoms. The van der Waals surface area contributed by atoms with E-state index in [0.717, 1.165) is 29.0 Å². The SMILES string of the molecule is CC(C)C1=CC(c2ccc(F)cc2)=[N+]2C=C(C(=O)N3CCN4C(=O)COC4C3)C(C)CC=C12. The molecule has 0 radical (unpaired) electrons. The highest BCUT2D eigenvalue weighted by Gasteiger charge is 2.41. The Balaban J connectivity index is 1.52. The van der Waals surface area contributed by atoms with Gasteiger partial charge in [0.15, 0.2) is 12.4 Å². The van der Waals surface area contributed by atoms with E-state index in [-0.39, 0.29) is 36.4 Å². The first kappa shape index (κ1) is 21.8. The number of amides is 2. The molecule has 2 saturated heterocycles. The third-order valence-corrected chi connectivity index (χ3v) is 6.92. The van der Waals surface area contributed by atoms with Gasteiger partial charge in [0.2, 0.25) is 11.4 Å². The first-order chi connectivity index (χ1) is 15.8. The van der Waals surface area contributed by atoms with Crippen LogP contribution < -0.4 is 0 Å². The third-order valence-electron chi connectivity index (χ3n) is 6.92. The molecule has 7 heteroatoms. The van der Waals surface area contributed by atoms with Crippen molar-refractivity contribution in [1.82, 2.24) is 9.80 Å². The van der Waals surface area contributed by atoms with Crippen LogP contribution in [0.5, 0.6) is 0 Å². The number of ether oxygens (including phenoxy) is 1. The van der Waals surface area contributed by atoms with Gasteiger partial charge in [0.25, 0.3) is 11.8 Å². The molecule has 4 aliphatic rings. The van der Waals surface area contributed by atoms with Crippen LogP contribution in [0.25, 0.3) is 0 Å². The second-order valence-electron chi connectivity index (χ2n) is 9.43. The molecule has 2 amide bonds. The number of carbonyl (C=O) groups excluding carboxylic acids is 2. The van der Waals surface area contributed by atoms with Gasteiger partial charge in [-0.15, -0.1) is 0 Å². The fraction of sp³-hybridized carbons (Fsp3) is 0.423. The lowest BCUT2D eigenvalue weighted by atomic mass is 9.95. The lowest BCUT2D eigenvalue weighted by Crippen LogP contribution is -2.54. The molecule has 1 aromatic carbocycles. The summed E-state index contributed by atoms with van der Waals surface area (Å²) in [7, 11) is 0. The highest BCUT2D eigenvalue weighted by atomic mass is 19.1. The molecule has 4 heterocycles. The predicted octanol–water partition coefficient (Wildman–Crippen LogP) is 3.06. The van der Waals surface area contributed by atoms with Crippen molar-refractivity contribution in [3.05, 3.63) is 70.8 Å². The number of hydrogen-bond acceptors (Lipinski definition) is 3. The Hall–Kier alpha value is -3.06. The van der Waals surface area contributed by atoms with Crippen molar-refractivity contribution < 1.29 is 23.3 Å². The molecule has 0 bridgehead atoms. The number of fused-ring (bicyclic) bond motifs is 2. The Kier molecular flexibility index (Phi) is 5.52. The zero-order valence-electron chi connectivity index (χ0n) is 19.3. The zero-order valence-corrected chi connectivity index (χ0v) is 19.3. The normalized spacial score (nSPS) is 25.0. The van der Waals surface area contributed by atoms with Gasteiger partial charge in [-0.25, -0.2) is 4.39 Å². The van der Waals surface area contributed by atoms with Crippen LogP contribution in [0.3, 0.4) is 0 Å². The molecule has 2 unspecified atom stereocenters. The Morgan fingerprint density at radius 1 is 1.21 bits per heavy atom. The van der Waals surface area contributed by atoms with E-state index in [2.05, 4.69) is 37.5 Å². The molecule has 4 aliphatic heterocycles.